The molecule has 0 spiro atoms. The van der Waals surface area contributed by atoms with Crippen molar-refractivity contribution >= 4 is 50.5 Å². The predicted molar refractivity (Wildman–Crippen MR) is 147 cm³/mol. The van der Waals surface area contributed by atoms with Gasteiger partial charge in [0.2, 0.25) is 5.91 Å². The normalized spacial score (nSPS) is 17.2. The molecule has 0 bridgehead atoms. The molecular weight excluding hydrogens is 540 g/mol. The van der Waals surface area contributed by atoms with Gasteiger partial charge >= 0.3 is 0 Å². The second-order valence-corrected chi connectivity index (χ2v) is 9.54. The summed E-state index contributed by atoms with van der Waals surface area (Å²) in [7, 11) is 1.49. The molecule has 3 heterocycles. The van der Waals surface area contributed by atoms with E-state index in [9.17, 15) is 4.79 Å². The zero-order valence-corrected chi connectivity index (χ0v) is 21.8. The number of thiocarbonyl (C=S) groups is 1. The number of methoxy groups -OCH3 is 1. The summed E-state index contributed by atoms with van der Waals surface area (Å²) in [5, 5.41) is 6.81. The summed E-state index contributed by atoms with van der Waals surface area (Å²) in [6.07, 6.45) is 1.77. The van der Waals surface area contributed by atoms with Gasteiger partial charge in [0.1, 0.15) is 24.2 Å². The van der Waals surface area contributed by atoms with Crippen LogP contribution in [0.15, 0.2) is 93.9 Å². The van der Waals surface area contributed by atoms with E-state index >= 15 is 0 Å². The molecule has 1 aliphatic rings. The molecule has 2 N–H and O–H groups in total. The first-order valence-electron chi connectivity index (χ1n) is 11.3. The molecule has 2 atom stereocenters. The number of furan rings is 1. The second kappa shape index (κ2) is 10.6. The highest BCUT2D eigenvalue weighted by molar-refractivity contribution is 9.10. The van der Waals surface area contributed by atoms with Crippen molar-refractivity contribution < 1.29 is 13.9 Å². The quantitative estimate of drug-likeness (QED) is 0.273. The Morgan fingerprint density at radius 3 is 2.58 bits per heavy atom. The largest absolute Gasteiger partial charge is 0.459 e. The standard InChI is InChI=1S/C27H23BrN4O3S/c1-34-16-24(33)30-19-9-11-20(12-10-19)32-26(25(31-27(32)36)21-4-2-3-15-29-21)23-14-13-22(35-23)17-5-7-18(28)8-6-17/h2-15,25-26H,16H2,1H3,(H,30,33)(H,31,36)/t25-,26-/m1/s1. The molecule has 1 amide bonds. The average Bonchev–Trinajstić information content (AvgIpc) is 3.50. The van der Waals surface area contributed by atoms with Gasteiger partial charge in [-0.1, -0.05) is 34.1 Å². The van der Waals surface area contributed by atoms with E-state index in [0.717, 1.165) is 32.9 Å². The Hall–Kier alpha value is -3.53. The molecule has 0 saturated carbocycles. The molecule has 2 aromatic heterocycles. The van der Waals surface area contributed by atoms with Gasteiger partial charge in [-0.25, -0.2) is 0 Å². The number of amides is 1. The Kier molecular flexibility index (Phi) is 7.13. The third-order valence-corrected chi connectivity index (χ3v) is 6.69. The molecule has 1 fully saturated rings. The van der Waals surface area contributed by atoms with Crippen molar-refractivity contribution in [2.45, 2.75) is 12.1 Å². The van der Waals surface area contributed by atoms with Crippen molar-refractivity contribution in [3.8, 4) is 11.3 Å². The van der Waals surface area contributed by atoms with Crippen LogP contribution in [0.2, 0.25) is 0 Å². The maximum absolute atomic E-state index is 11.9. The zero-order valence-electron chi connectivity index (χ0n) is 19.4. The lowest BCUT2D eigenvalue weighted by molar-refractivity contribution is -0.119. The van der Waals surface area contributed by atoms with Crippen LogP contribution in [0, 0.1) is 0 Å². The third-order valence-electron chi connectivity index (χ3n) is 5.85. The second-order valence-electron chi connectivity index (χ2n) is 8.23. The van der Waals surface area contributed by atoms with Gasteiger partial charge in [0.15, 0.2) is 5.11 Å². The number of nitrogens with zero attached hydrogens (tertiary/aromatic N) is 2. The predicted octanol–water partition coefficient (Wildman–Crippen LogP) is 5.87. The molecule has 1 aliphatic heterocycles. The lowest BCUT2D eigenvalue weighted by atomic mass is 10.0. The molecule has 5 rings (SSSR count). The third kappa shape index (κ3) is 5.04. The molecule has 1 saturated heterocycles. The van der Waals surface area contributed by atoms with Gasteiger partial charge in [-0.2, -0.15) is 0 Å². The van der Waals surface area contributed by atoms with E-state index in [2.05, 4.69) is 31.5 Å². The van der Waals surface area contributed by atoms with Crippen LogP contribution in [0.1, 0.15) is 23.5 Å². The number of halogens is 1. The highest BCUT2D eigenvalue weighted by Crippen LogP contribution is 2.43. The van der Waals surface area contributed by atoms with Gasteiger partial charge in [0.25, 0.3) is 0 Å². The maximum Gasteiger partial charge on any atom is 0.250 e. The van der Waals surface area contributed by atoms with Gasteiger partial charge < -0.3 is 24.7 Å². The van der Waals surface area contributed by atoms with Crippen LogP contribution in [-0.4, -0.2) is 29.7 Å². The molecule has 182 valence electrons. The van der Waals surface area contributed by atoms with Gasteiger partial charge in [0, 0.05) is 34.7 Å². The number of ether oxygens (including phenoxy) is 1. The summed E-state index contributed by atoms with van der Waals surface area (Å²) in [4.78, 5) is 18.5. The van der Waals surface area contributed by atoms with Gasteiger partial charge in [0.05, 0.1) is 11.7 Å². The van der Waals surface area contributed by atoms with E-state index in [1.165, 1.54) is 7.11 Å². The summed E-state index contributed by atoms with van der Waals surface area (Å²) in [6.45, 7) is -0.00505. The number of carbonyl (C=O) groups excluding carboxylic acids is 1. The minimum Gasteiger partial charge on any atom is -0.459 e. The molecule has 4 aromatic rings. The fraction of sp³-hybridized carbons (Fsp3) is 0.148. The topological polar surface area (TPSA) is 79.6 Å². The van der Waals surface area contributed by atoms with Crippen molar-refractivity contribution in [2.75, 3.05) is 23.9 Å². The molecule has 0 radical (unpaired) electrons. The van der Waals surface area contributed by atoms with E-state index in [4.69, 9.17) is 21.4 Å². The van der Waals surface area contributed by atoms with Crippen LogP contribution in [0.4, 0.5) is 11.4 Å². The maximum atomic E-state index is 11.9. The number of aromatic nitrogens is 1. The lowest BCUT2D eigenvalue weighted by Crippen LogP contribution is -2.29. The molecule has 0 aliphatic carbocycles. The highest BCUT2D eigenvalue weighted by Gasteiger charge is 2.42. The van der Waals surface area contributed by atoms with Crippen LogP contribution >= 0.6 is 28.1 Å². The molecule has 36 heavy (non-hydrogen) atoms. The molecule has 7 nitrogen and oxygen atoms in total. The summed E-state index contributed by atoms with van der Waals surface area (Å²) in [6, 6.07) is 24.8. The lowest BCUT2D eigenvalue weighted by Gasteiger charge is -2.26. The highest BCUT2D eigenvalue weighted by atomic mass is 79.9. The summed E-state index contributed by atoms with van der Waals surface area (Å²) >= 11 is 9.26. The minimum absolute atomic E-state index is 0.00505. The number of hydrogen-bond donors (Lipinski definition) is 2. The monoisotopic (exact) mass is 562 g/mol. The van der Waals surface area contributed by atoms with Gasteiger partial charge in [-0.05, 0) is 72.9 Å². The number of anilines is 2. The van der Waals surface area contributed by atoms with Crippen molar-refractivity contribution in [1.29, 1.82) is 0 Å². The summed E-state index contributed by atoms with van der Waals surface area (Å²) < 4.78 is 12.3. The van der Waals surface area contributed by atoms with E-state index in [1.54, 1.807) is 6.20 Å². The number of carbonyl (C=O) groups is 1. The van der Waals surface area contributed by atoms with Gasteiger partial charge in [-0.3, -0.25) is 9.78 Å². The van der Waals surface area contributed by atoms with Crippen LogP contribution < -0.4 is 15.5 Å². The SMILES string of the molecule is COCC(=O)Nc1ccc(N2C(=S)N[C@H](c3ccccn3)[C@H]2c2ccc(-c3ccc(Br)cc3)o2)cc1. The van der Waals surface area contributed by atoms with E-state index in [0.29, 0.717) is 10.8 Å². The number of nitrogens with one attached hydrogen (secondary N) is 2. The number of pyridine rings is 1. The molecule has 9 heteroatoms. The van der Waals surface area contributed by atoms with Crippen LogP contribution in [0.5, 0.6) is 0 Å². The first-order valence-corrected chi connectivity index (χ1v) is 12.5. The fourth-order valence-corrected chi connectivity index (χ4v) is 4.85. The first-order chi connectivity index (χ1) is 17.5. The van der Waals surface area contributed by atoms with Crippen LogP contribution in [-0.2, 0) is 9.53 Å². The van der Waals surface area contributed by atoms with E-state index in [-0.39, 0.29) is 24.6 Å². The number of benzene rings is 2. The minimum atomic E-state index is -0.273. The van der Waals surface area contributed by atoms with Crippen LogP contribution in [0.25, 0.3) is 11.3 Å². The summed E-state index contributed by atoms with van der Waals surface area (Å²) in [5.74, 6) is 1.31. The number of rotatable bonds is 7. The first kappa shape index (κ1) is 24.2. The fourth-order valence-electron chi connectivity index (χ4n) is 4.24. The Bertz CT molecular complexity index is 1360. The van der Waals surface area contributed by atoms with Gasteiger partial charge in [-0.15, -0.1) is 0 Å². The molecule has 2 aromatic carbocycles. The molecular formula is C27H23BrN4O3S. The van der Waals surface area contributed by atoms with Crippen LogP contribution in [0.3, 0.4) is 0 Å². The molecule has 0 unspecified atom stereocenters. The zero-order chi connectivity index (χ0) is 25.1. The Morgan fingerprint density at radius 2 is 1.89 bits per heavy atom. The summed E-state index contributed by atoms with van der Waals surface area (Å²) in [5.41, 5.74) is 3.38. The van der Waals surface area contributed by atoms with E-state index in [1.807, 2.05) is 83.8 Å². The number of hydrogen-bond acceptors (Lipinski definition) is 5. The Balaban J connectivity index is 1.50. The Labute approximate surface area is 222 Å². The van der Waals surface area contributed by atoms with Crippen molar-refractivity contribution in [1.82, 2.24) is 10.3 Å². The Morgan fingerprint density at radius 1 is 1.11 bits per heavy atom. The van der Waals surface area contributed by atoms with Crippen molar-refractivity contribution in [3.05, 3.63) is 101 Å². The van der Waals surface area contributed by atoms with E-state index < -0.39 is 0 Å². The van der Waals surface area contributed by atoms with Crippen molar-refractivity contribution in [2.24, 2.45) is 0 Å². The van der Waals surface area contributed by atoms with Crippen molar-refractivity contribution in [3.63, 3.8) is 0 Å². The average molecular weight is 563 g/mol. The smallest absolute Gasteiger partial charge is 0.250 e.